The second-order valence-electron chi connectivity index (χ2n) is 3.62. The number of thioether (sulfide) groups is 1. The average Bonchev–Trinajstić information content (AvgIpc) is 2.70. The summed E-state index contributed by atoms with van der Waals surface area (Å²) in [7, 11) is 0. The molecule has 98 valence electrons. The van der Waals surface area contributed by atoms with Crippen LogP contribution in [-0.4, -0.2) is 28.0 Å². The fourth-order valence-electron chi connectivity index (χ4n) is 1.51. The number of benzene rings is 1. The van der Waals surface area contributed by atoms with E-state index in [4.69, 9.17) is 5.73 Å². The lowest BCUT2D eigenvalue weighted by Crippen LogP contribution is -2.10. The van der Waals surface area contributed by atoms with Gasteiger partial charge in [0.05, 0.1) is 23.1 Å². The fourth-order valence-corrected chi connectivity index (χ4v) is 1.95. The van der Waals surface area contributed by atoms with Crippen molar-refractivity contribution in [2.24, 2.45) is 0 Å². The van der Waals surface area contributed by atoms with E-state index in [1.807, 2.05) is 0 Å². The molecule has 0 saturated carbocycles. The zero-order valence-corrected chi connectivity index (χ0v) is 10.0. The van der Waals surface area contributed by atoms with Crippen molar-refractivity contribution in [2.75, 3.05) is 23.3 Å². The molecule has 0 amide bonds. The smallest absolute Gasteiger partial charge is 0.397 e. The number of nitrogens with one attached hydrogen (secondary N) is 2. The van der Waals surface area contributed by atoms with Gasteiger partial charge in [-0.15, -0.1) is 0 Å². The van der Waals surface area contributed by atoms with E-state index in [1.54, 1.807) is 18.3 Å². The number of aromatic nitrogens is 2. The number of anilines is 2. The minimum absolute atomic E-state index is 0.0595. The summed E-state index contributed by atoms with van der Waals surface area (Å²) in [5.41, 5.74) is 3.47. The number of nitrogens with two attached hydrogens (primary N) is 1. The van der Waals surface area contributed by atoms with E-state index in [0.29, 0.717) is 11.4 Å². The zero-order valence-electron chi connectivity index (χ0n) is 9.21. The molecule has 1 aromatic carbocycles. The number of nitrogen functional groups attached to an aromatic ring is 1. The number of H-pyrrole nitrogens is 1. The molecule has 0 saturated heterocycles. The van der Waals surface area contributed by atoms with Crippen LogP contribution in [0.5, 0.6) is 0 Å². The average molecular weight is 276 g/mol. The second kappa shape index (κ2) is 4.97. The summed E-state index contributed by atoms with van der Waals surface area (Å²) < 4.78 is 35.8. The van der Waals surface area contributed by atoms with Gasteiger partial charge in [-0.1, -0.05) is 0 Å². The predicted molar refractivity (Wildman–Crippen MR) is 67.5 cm³/mol. The Hall–Kier alpha value is -1.57. The van der Waals surface area contributed by atoms with Crippen LogP contribution in [0.2, 0.25) is 0 Å². The van der Waals surface area contributed by atoms with Crippen molar-refractivity contribution in [2.45, 2.75) is 5.51 Å². The Morgan fingerprint density at radius 3 is 2.89 bits per heavy atom. The SMILES string of the molecule is Nc1cc2cn[nH]c2cc1NCCSC(F)(F)F. The lowest BCUT2D eigenvalue weighted by molar-refractivity contribution is -0.0327. The third kappa shape index (κ3) is 3.22. The van der Waals surface area contributed by atoms with Gasteiger partial charge in [0.2, 0.25) is 0 Å². The first-order valence-corrected chi connectivity index (χ1v) is 6.11. The molecule has 0 aliphatic carbocycles. The first kappa shape index (κ1) is 12.9. The third-order valence-electron chi connectivity index (χ3n) is 2.29. The highest BCUT2D eigenvalue weighted by molar-refractivity contribution is 8.00. The van der Waals surface area contributed by atoms with Gasteiger partial charge in [0.15, 0.2) is 0 Å². The molecule has 8 heteroatoms. The van der Waals surface area contributed by atoms with E-state index in [0.717, 1.165) is 10.9 Å². The van der Waals surface area contributed by atoms with Crippen LogP contribution in [-0.2, 0) is 0 Å². The van der Waals surface area contributed by atoms with Gasteiger partial charge in [-0.05, 0) is 23.9 Å². The van der Waals surface area contributed by atoms with Gasteiger partial charge in [-0.2, -0.15) is 18.3 Å². The highest BCUT2D eigenvalue weighted by atomic mass is 32.2. The molecule has 0 unspecified atom stereocenters. The minimum Gasteiger partial charge on any atom is -0.397 e. The molecule has 0 aliphatic rings. The quantitative estimate of drug-likeness (QED) is 0.593. The molecule has 0 atom stereocenters. The number of alkyl halides is 3. The van der Waals surface area contributed by atoms with Gasteiger partial charge in [-0.25, -0.2) is 0 Å². The van der Waals surface area contributed by atoms with Crippen molar-refractivity contribution in [3.8, 4) is 0 Å². The largest absolute Gasteiger partial charge is 0.441 e. The summed E-state index contributed by atoms with van der Waals surface area (Å²) in [4.78, 5) is 0. The molecule has 4 N–H and O–H groups in total. The molecule has 18 heavy (non-hydrogen) atoms. The van der Waals surface area contributed by atoms with Crippen LogP contribution in [0.3, 0.4) is 0 Å². The zero-order chi connectivity index (χ0) is 13.2. The first-order chi connectivity index (χ1) is 8.46. The van der Waals surface area contributed by atoms with Crippen LogP contribution >= 0.6 is 11.8 Å². The van der Waals surface area contributed by atoms with E-state index >= 15 is 0 Å². The van der Waals surface area contributed by atoms with E-state index < -0.39 is 5.51 Å². The number of aromatic amines is 1. The highest BCUT2D eigenvalue weighted by Gasteiger charge is 2.27. The Bertz CT molecular complexity index is 537. The van der Waals surface area contributed by atoms with Gasteiger partial charge in [0.25, 0.3) is 0 Å². The van der Waals surface area contributed by atoms with E-state index in [9.17, 15) is 13.2 Å². The number of halogens is 3. The van der Waals surface area contributed by atoms with Crippen LogP contribution in [0.4, 0.5) is 24.5 Å². The van der Waals surface area contributed by atoms with Gasteiger partial charge < -0.3 is 11.1 Å². The van der Waals surface area contributed by atoms with Crippen LogP contribution in [0.25, 0.3) is 10.9 Å². The van der Waals surface area contributed by atoms with Crippen molar-refractivity contribution in [1.82, 2.24) is 10.2 Å². The van der Waals surface area contributed by atoms with Crippen LogP contribution in [0, 0.1) is 0 Å². The van der Waals surface area contributed by atoms with Gasteiger partial charge >= 0.3 is 5.51 Å². The Kier molecular flexibility index (Phi) is 3.55. The molecule has 1 aromatic heterocycles. The summed E-state index contributed by atoms with van der Waals surface area (Å²) in [5.74, 6) is -0.0655. The topological polar surface area (TPSA) is 66.7 Å². The molecule has 2 aromatic rings. The fraction of sp³-hybridized carbons (Fsp3) is 0.300. The molecule has 1 heterocycles. The molecule has 0 aliphatic heterocycles. The van der Waals surface area contributed by atoms with Crippen LogP contribution in [0.15, 0.2) is 18.3 Å². The van der Waals surface area contributed by atoms with Crippen molar-refractivity contribution in [3.63, 3.8) is 0 Å². The molecule has 0 radical (unpaired) electrons. The number of nitrogens with zero attached hydrogens (tertiary/aromatic N) is 1. The summed E-state index contributed by atoms with van der Waals surface area (Å²) >= 11 is -0.0595. The molecule has 0 fully saturated rings. The summed E-state index contributed by atoms with van der Waals surface area (Å²) in [6.45, 7) is 0.189. The number of fused-ring (bicyclic) bond motifs is 1. The molecule has 0 spiro atoms. The summed E-state index contributed by atoms with van der Waals surface area (Å²) in [6, 6.07) is 3.45. The monoisotopic (exact) mass is 276 g/mol. The second-order valence-corrected chi connectivity index (χ2v) is 4.78. The number of rotatable bonds is 4. The minimum atomic E-state index is -4.19. The standard InChI is InChI=1S/C10H11F3N4S/c11-10(12,13)18-2-1-15-9-4-8-6(3-7(9)14)5-16-17-8/h3-5,15H,1-2,14H2,(H,16,17). The Labute approximate surface area is 105 Å². The molecule has 2 rings (SSSR count). The van der Waals surface area contributed by atoms with E-state index in [1.165, 1.54) is 0 Å². The lowest BCUT2D eigenvalue weighted by atomic mass is 10.2. The third-order valence-corrected chi connectivity index (χ3v) is 3.03. The van der Waals surface area contributed by atoms with E-state index in [-0.39, 0.29) is 24.1 Å². The van der Waals surface area contributed by atoms with Crippen LogP contribution in [0.1, 0.15) is 0 Å². The Morgan fingerprint density at radius 1 is 1.39 bits per heavy atom. The Balaban J connectivity index is 1.96. The van der Waals surface area contributed by atoms with Crippen LogP contribution < -0.4 is 11.1 Å². The molecule has 4 nitrogen and oxygen atoms in total. The van der Waals surface area contributed by atoms with Gasteiger partial charge in [-0.3, -0.25) is 5.10 Å². The predicted octanol–water partition coefficient (Wildman–Crippen LogP) is 2.81. The number of hydrogen-bond acceptors (Lipinski definition) is 4. The van der Waals surface area contributed by atoms with Gasteiger partial charge in [0.1, 0.15) is 0 Å². The first-order valence-electron chi connectivity index (χ1n) is 5.13. The molecule has 0 bridgehead atoms. The van der Waals surface area contributed by atoms with Crippen molar-refractivity contribution in [1.29, 1.82) is 0 Å². The van der Waals surface area contributed by atoms with E-state index in [2.05, 4.69) is 15.5 Å². The summed E-state index contributed by atoms with van der Waals surface area (Å²) in [5, 5.41) is 10.4. The van der Waals surface area contributed by atoms with Crippen molar-refractivity contribution in [3.05, 3.63) is 18.3 Å². The maximum Gasteiger partial charge on any atom is 0.441 e. The maximum absolute atomic E-state index is 11.9. The lowest BCUT2D eigenvalue weighted by Gasteiger charge is -2.10. The Morgan fingerprint density at radius 2 is 2.17 bits per heavy atom. The normalized spacial score (nSPS) is 11.9. The van der Waals surface area contributed by atoms with Gasteiger partial charge in [0, 0.05) is 17.7 Å². The maximum atomic E-state index is 11.9. The highest BCUT2D eigenvalue weighted by Crippen LogP contribution is 2.30. The van der Waals surface area contributed by atoms with Crippen molar-refractivity contribution >= 4 is 34.0 Å². The molecular formula is C10H11F3N4S. The number of hydrogen-bond donors (Lipinski definition) is 3. The summed E-state index contributed by atoms with van der Waals surface area (Å²) in [6.07, 6.45) is 1.63. The molecular weight excluding hydrogens is 265 g/mol. The van der Waals surface area contributed by atoms with Crippen molar-refractivity contribution < 1.29 is 13.2 Å².